The molecule has 0 aliphatic carbocycles. The van der Waals surface area contributed by atoms with Crippen molar-refractivity contribution in [1.82, 2.24) is 5.32 Å². The Balaban J connectivity index is 2.02. The number of hydrogen-bond acceptors (Lipinski definition) is 4. The normalized spacial score (nSPS) is 19.4. The van der Waals surface area contributed by atoms with Gasteiger partial charge in [-0.1, -0.05) is 18.2 Å². The third-order valence-corrected chi connectivity index (χ3v) is 3.47. The Morgan fingerprint density at radius 3 is 2.57 bits per heavy atom. The van der Waals surface area contributed by atoms with E-state index in [1.807, 2.05) is 39.0 Å². The van der Waals surface area contributed by atoms with Gasteiger partial charge in [-0.05, 0) is 32.9 Å². The van der Waals surface area contributed by atoms with Gasteiger partial charge < -0.3 is 10.1 Å². The first-order valence-corrected chi connectivity index (χ1v) is 7.24. The first kappa shape index (κ1) is 15.7. The van der Waals surface area contributed by atoms with Crippen LogP contribution in [0.1, 0.15) is 27.2 Å². The van der Waals surface area contributed by atoms with Crippen LogP contribution in [0, 0.1) is 0 Å². The van der Waals surface area contributed by atoms with Gasteiger partial charge in [0.15, 0.2) is 0 Å². The second-order valence-electron chi connectivity index (χ2n) is 5.73. The zero-order chi connectivity index (χ0) is 15.5. The first-order valence-electron chi connectivity index (χ1n) is 7.24. The van der Waals surface area contributed by atoms with Crippen LogP contribution >= 0.6 is 0 Å². The Hall–Kier alpha value is -1.72. The zero-order valence-corrected chi connectivity index (χ0v) is 12.8. The minimum Gasteiger partial charge on any atom is -0.375 e. The van der Waals surface area contributed by atoms with Crippen LogP contribution in [0.5, 0.6) is 0 Å². The van der Waals surface area contributed by atoms with Gasteiger partial charge in [0.25, 0.3) is 5.91 Å². The average Bonchev–Trinajstić information content (AvgIpc) is 2.72. The lowest BCUT2D eigenvalue weighted by atomic mass is 10.1. The smallest absolute Gasteiger partial charge is 0.251 e. The molecule has 21 heavy (non-hydrogen) atoms. The van der Waals surface area contributed by atoms with Crippen molar-refractivity contribution in [2.75, 3.05) is 18.1 Å². The van der Waals surface area contributed by atoms with E-state index in [0.29, 0.717) is 18.8 Å². The van der Waals surface area contributed by atoms with Crippen molar-refractivity contribution < 1.29 is 14.3 Å². The third kappa shape index (κ3) is 3.68. The molecule has 0 spiro atoms. The highest BCUT2D eigenvalue weighted by Gasteiger charge is 2.39. The van der Waals surface area contributed by atoms with E-state index in [0.717, 1.165) is 0 Å². The fraction of sp³-hybridized carbons (Fsp3) is 0.500. The molecule has 1 fully saturated rings. The van der Waals surface area contributed by atoms with Gasteiger partial charge in [-0.2, -0.15) is 0 Å². The number of benzene rings is 1. The summed E-state index contributed by atoms with van der Waals surface area (Å²) in [5.41, 5.74) is 0.263. The maximum absolute atomic E-state index is 12.4. The number of hydrogen-bond donors (Lipinski definition) is 1. The van der Waals surface area contributed by atoms with Crippen LogP contribution in [0.25, 0.3) is 0 Å². The summed E-state index contributed by atoms with van der Waals surface area (Å²) in [6, 6.07) is 8.54. The van der Waals surface area contributed by atoms with Gasteiger partial charge in [0.05, 0.1) is 23.8 Å². The number of para-hydroxylation sites is 1. The van der Waals surface area contributed by atoms with Crippen LogP contribution in [-0.2, 0) is 14.3 Å². The van der Waals surface area contributed by atoms with E-state index in [4.69, 9.17) is 4.74 Å². The summed E-state index contributed by atoms with van der Waals surface area (Å²) >= 11 is 0. The predicted octanol–water partition coefficient (Wildman–Crippen LogP) is 1.72. The van der Waals surface area contributed by atoms with E-state index < -0.39 is 6.04 Å². The van der Waals surface area contributed by atoms with Crippen LogP contribution in [0.3, 0.4) is 0 Å². The van der Waals surface area contributed by atoms with Crippen molar-refractivity contribution in [2.45, 2.75) is 38.8 Å². The Kier molecular flexibility index (Phi) is 4.75. The molecule has 1 saturated heterocycles. The topological polar surface area (TPSA) is 58.6 Å². The van der Waals surface area contributed by atoms with Crippen molar-refractivity contribution >= 4 is 17.5 Å². The van der Waals surface area contributed by atoms with E-state index in [-0.39, 0.29) is 23.8 Å². The second-order valence-corrected chi connectivity index (χ2v) is 5.73. The summed E-state index contributed by atoms with van der Waals surface area (Å²) in [6.07, 6.45) is 0.190. The number of nitrogens with zero attached hydrogens (tertiary/aromatic N) is 1. The lowest BCUT2D eigenvalue weighted by molar-refractivity contribution is -0.121. The van der Waals surface area contributed by atoms with Gasteiger partial charge >= 0.3 is 0 Å². The van der Waals surface area contributed by atoms with Gasteiger partial charge in [-0.15, -0.1) is 0 Å². The summed E-state index contributed by atoms with van der Waals surface area (Å²) in [4.78, 5) is 25.7. The minimum atomic E-state index is -0.475. The van der Waals surface area contributed by atoms with E-state index in [2.05, 4.69) is 5.32 Å². The molecule has 1 aromatic rings. The number of ether oxygens (including phenoxy) is 1. The highest BCUT2D eigenvalue weighted by Crippen LogP contribution is 2.22. The van der Waals surface area contributed by atoms with Gasteiger partial charge in [0, 0.05) is 13.2 Å². The summed E-state index contributed by atoms with van der Waals surface area (Å²) < 4.78 is 5.59. The van der Waals surface area contributed by atoms with Gasteiger partial charge in [-0.3, -0.25) is 9.59 Å². The molecule has 1 aromatic carbocycles. The fourth-order valence-electron chi connectivity index (χ4n) is 2.45. The van der Waals surface area contributed by atoms with Crippen LogP contribution < -0.4 is 10.2 Å². The number of carbonyl (C=O) groups is 2. The third-order valence-electron chi connectivity index (χ3n) is 3.47. The molecule has 1 unspecified atom stereocenters. The SMILES string of the molecule is CCOC(C)(C)CNC1CC(=O)N(c2ccccc2)C1=O. The highest BCUT2D eigenvalue weighted by molar-refractivity contribution is 6.22. The molecule has 0 bridgehead atoms. The molecule has 1 atom stereocenters. The van der Waals surface area contributed by atoms with E-state index in [1.165, 1.54) is 4.90 Å². The van der Waals surface area contributed by atoms with Gasteiger partial charge in [-0.25, -0.2) is 4.90 Å². The van der Waals surface area contributed by atoms with E-state index >= 15 is 0 Å². The lowest BCUT2D eigenvalue weighted by Gasteiger charge is -2.26. The summed E-state index contributed by atoms with van der Waals surface area (Å²) in [7, 11) is 0. The lowest BCUT2D eigenvalue weighted by Crippen LogP contribution is -2.46. The average molecular weight is 290 g/mol. The maximum atomic E-state index is 12.4. The summed E-state index contributed by atoms with van der Waals surface area (Å²) in [6.45, 7) is 6.98. The Labute approximate surface area is 125 Å². The number of imide groups is 1. The molecule has 5 heteroatoms. The van der Waals surface area contributed by atoms with Crippen LogP contribution in [0.4, 0.5) is 5.69 Å². The molecule has 1 aliphatic heterocycles. The number of anilines is 1. The molecule has 1 N–H and O–H groups in total. The molecule has 2 rings (SSSR count). The standard InChI is InChI=1S/C16H22N2O3/c1-4-21-16(2,3)11-17-13-10-14(19)18(15(13)20)12-8-6-5-7-9-12/h5-9,13,17H,4,10-11H2,1-3H3. The number of nitrogens with one attached hydrogen (secondary N) is 1. The number of rotatable bonds is 6. The Morgan fingerprint density at radius 2 is 1.95 bits per heavy atom. The van der Waals surface area contributed by atoms with Crippen molar-refractivity contribution in [3.8, 4) is 0 Å². The maximum Gasteiger partial charge on any atom is 0.251 e. The van der Waals surface area contributed by atoms with Crippen LogP contribution in [0.2, 0.25) is 0 Å². The van der Waals surface area contributed by atoms with Gasteiger partial charge in [0.2, 0.25) is 5.91 Å². The van der Waals surface area contributed by atoms with E-state index in [9.17, 15) is 9.59 Å². The molecule has 2 amide bonds. The van der Waals surface area contributed by atoms with Crippen molar-refractivity contribution in [2.24, 2.45) is 0 Å². The minimum absolute atomic E-state index is 0.169. The highest BCUT2D eigenvalue weighted by atomic mass is 16.5. The molecule has 0 saturated carbocycles. The summed E-state index contributed by atoms with van der Waals surface area (Å²) in [5.74, 6) is -0.364. The molecule has 1 aliphatic rings. The largest absolute Gasteiger partial charge is 0.375 e. The van der Waals surface area contributed by atoms with E-state index in [1.54, 1.807) is 12.1 Å². The number of carbonyl (C=O) groups excluding carboxylic acids is 2. The molecule has 0 radical (unpaired) electrons. The molecular formula is C16H22N2O3. The second kappa shape index (κ2) is 6.37. The Bertz CT molecular complexity index is 514. The molecule has 5 nitrogen and oxygen atoms in total. The first-order chi connectivity index (χ1) is 9.94. The Morgan fingerprint density at radius 1 is 1.29 bits per heavy atom. The van der Waals surface area contributed by atoms with Crippen LogP contribution in [0.15, 0.2) is 30.3 Å². The molecule has 1 heterocycles. The molecular weight excluding hydrogens is 268 g/mol. The molecule has 114 valence electrons. The van der Waals surface area contributed by atoms with Crippen molar-refractivity contribution in [1.29, 1.82) is 0 Å². The summed E-state index contributed by atoms with van der Waals surface area (Å²) in [5, 5.41) is 3.15. The fourth-order valence-corrected chi connectivity index (χ4v) is 2.45. The zero-order valence-electron chi connectivity index (χ0n) is 12.8. The molecule has 0 aromatic heterocycles. The number of amides is 2. The quantitative estimate of drug-likeness (QED) is 0.811. The monoisotopic (exact) mass is 290 g/mol. The van der Waals surface area contributed by atoms with Crippen molar-refractivity contribution in [3.05, 3.63) is 30.3 Å². The van der Waals surface area contributed by atoms with Gasteiger partial charge in [0.1, 0.15) is 0 Å². The predicted molar refractivity (Wildman–Crippen MR) is 81.0 cm³/mol. The van der Waals surface area contributed by atoms with Crippen molar-refractivity contribution in [3.63, 3.8) is 0 Å². The van der Waals surface area contributed by atoms with Crippen LogP contribution in [-0.4, -0.2) is 36.6 Å².